The number of nitrogens with zero attached hydrogens (tertiary/aromatic N) is 2. The van der Waals surface area contributed by atoms with Crippen LogP contribution in [0.5, 0.6) is 0 Å². The Morgan fingerprint density at radius 1 is 0.917 bits per heavy atom. The summed E-state index contributed by atoms with van der Waals surface area (Å²) in [5.41, 5.74) is 2.21. The van der Waals surface area contributed by atoms with Gasteiger partial charge in [0.15, 0.2) is 0 Å². The van der Waals surface area contributed by atoms with Crippen LogP contribution in [-0.4, -0.2) is 21.2 Å². The third-order valence-electron chi connectivity index (χ3n) is 4.22. The number of hydrogen-bond donors (Lipinski definition) is 1. The molecule has 0 saturated carbocycles. The van der Waals surface area contributed by atoms with E-state index in [1.807, 2.05) is 12.4 Å². The fraction of sp³-hybridized carbons (Fsp3) is 0.100. The number of imidazole rings is 1. The third-order valence-corrected chi connectivity index (χ3v) is 4.96. The number of thioether (sulfide) groups is 1. The van der Waals surface area contributed by atoms with Crippen molar-refractivity contribution >= 4 is 22.5 Å². The number of H-pyrrole nitrogens is 1. The van der Waals surface area contributed by atoms with Crippen LogP contribution in [-0.2, 0) is 0 Å². The minimum atomic E-state index is -0.0120. The minimum absolute atomic E-state index is 0.0120. The number of benzene rings is 2. The molecule has 0 amide bonds. The average Bonchev–Trinajstić information content (AvgIpc) is 3.17. The number of hydrogen-bond acceptors (Lipinski definition) is 3. The second-order valence-electron chi connectivity index (χ2n) is 5.60. The van der Waals surface area contributed by atoms with Crippen molar-refractivity contribution in [2.24, 2.45) is 0 Å². The van der Waals surface area contributed by atoms with Crippen LogP contribution < -0.4 is 0 Å². The highest BCUT2D eigenvalue weighted by atomic mass is 32.2. The van der Waals surface area contributed by atoms with Gasteiger partial charge >= 0.3 is 0 Å². The lowest BCUT2D eigenvalue weighted by molar-refractivity contribution is 0.856. The van der Waals surface area contributed by atoms with Gasteiger partial charge in [-0.1, -0.05) is 36.4 Å². The van der Waals surface area contributed by atoms with Gasteiger partial charge in [-0.2, -0.15) is 0 Å². The molecule has 2 heterocycles. The number of fused-ring (bicyclic) bond motifs is 1. The quantitative estimate of drug-likeness (QED) is 0.543. The monoisotopic (exact) mass is 331 g/mol. The van der Waals surface area contributed by atoms with E-state index in [4.69, 9.17) is 4.98 Å². The van der Waals surface area contributed by atoms with Gasteiger partial charge in [0, 0.05) is 28.9 Å². The maximum Gasteiger partial charge on any atom is 0.119 e. The first-order valence-corrected chi connectivity index (χ1v) is 9.06. The molecule has 2 aromatic heterocycles. The predicted molar refractivity (Wildman–Crippen MR) is 99.5 cm³/mol. The molecule has 2 aromatic carbocycles. The molecule has 3 nitrogen and oxygen atoms in total. The summed E-state index contributed by atoms with van der Waals surface area (Å²) in [6.45, 7) is 0. The van der Waals surface area contributed by atoms with Crippen LogP contribution in [0.2, 0.25) is 0 Å². The Morgan fingerprint density at radius 3 is 2.50 bits per heavy atom. The SMILES string of the molecule is CSc1ccc(C(c2ncc[nH]2)c2nccc3ccccc23)cc1. The molecule has 4 aromatic rings. The Balaban J connectivity index is 1.92. The first-order chi connectivity index (χ1) is 11.9. The van der Waals surface area contributed by atoms with Crippen LogP contribution in [0.3, 0.4) is 0 Å². The van der Waals surface area contributed by atoms with Gasteiger partial charge < -0.3 is 4.98 Å². The molecular formula is C20H17N3S. The Labute approximate surface area is 145 Å². The highest BCUT2D eigenvalue weighted by Crippen LogP contribution is 2.33. The van der Waals surface area contributed by atoms with Gasteiger partial charge in [-0.15, -0.1) is 11.8 Å². The molecule has 0 radical (unpaired) electrons. The number of pyridine rings is 1. The van der Waals surface area contributed by atoms with Crippen LogP contribution >= 0.6 is 11.8 Å². The molecule has 0 aliphatic heterocycles. The topological polar surface area (TPSA) is 41.6 Å². The Morgan fingerprint density at radius 2 is 1.75 bits per heavy atom. The lowest BCUT2D eigenvalue weighted by atomic mass is 9.91. The van der Waals surface area contributed by atoms with Crippen molar-refractivity contribution in [3.63, 3.8) is 0 Å². The molecule has 0 fully saturated rings. The zero-order valence-electron chi connectivity index (χ0n) is 13.3. The lowest BCUT2D eigenvalue weighted by Gasteiger charge is -2.17. The highest BCUT2D eigenvalue weighted by Gasteiger charge is 2.22. The van der Waals surface area contributed by atoms with Crippen molar-refractivity contribution < 1.29 is 0 Å². The zero-order valence-corrected chi connectivity index (χ0v) is 14.1. The van der Waals surface area contributed by atoms with E-state index in [9.17, 15) is 0 Å². The van der Waals surface area contributed by atoms with Crippen LogP contribution in [0.1, 0.15) is 23.0 Å². The molecule has 0 aliphatic carbocycles. The molecule has 0 spiro atoms. The van der Waals surface area contributed by atoms with Gasteiger partial charge in [0.1, 0.15) is 5.82 Å². The average molecular weight is 331 g/mol. The summed E-state index contributed by atoms with van der Waals surface area (Å²) in [6.07, 6.45) is 7.63. The highest BCUT2D eigenvalue weighted by molar-refractivity contribution is 7.98. The van der Waals surface area contributed by atoms with Crippen molar-refractivity contribution in [1.29, 1.82) is 0 Å². The predicted octanol–water partition coefficient (Wildman–Crippen LogP) is 4.86. The van der Waals surface area contributed by atoms with E-state index < -0.39 is 0 Å². The largest absolute Gasteiger partial charge is 0.348 e. The zero-order chi connectivity index (χ0) is 16.4. The van der Waals surface area contributed by atoms with E-state index in [0.29, 0.717) is 0 Å². The van der Waals surface area contributed by atoms with Gasteiger partial charge in [0.05, 0.1) is 11.6 Å². The van der Waals surface area contributed by atoms with E-state index in [2.05, 4.69) is 70.8 Å². The second-order valence-corrected chi connectivity index (χ2v) is 6.48. The van der Waals surface area contributed by atoms with Crippen LogP contribution in [0.4, 0.5) is 0 Å². The second kappa shape index (κ2) is 6.49. The van der Waals surface area contributed by atoms with Gasteiger partial charge in [-0.05, 0) is 35.4 Å². The van der Waals surface area contributed by atoms with Gasteiger partial charge in [0.25, 0.3) is 0 Å². The summed E-state index contributed by atoms with van der Waals surface area (Å²) in [5, 5.41) is 2.36. The summed E-state index contributed by atoms with van der Waals surface area (Å²) >= 11 is 1.75. The van der Waals surface area contributed by atoms with Crippen LogP contribution in [0.15, 0.2) is 78.1 Å². The first kappa shape index (κ1) is 15.0. The molecule has 4 rings (SSSR count). The Kier molecular flexibility index (Phi) is 4.05. The lowest BCUT2D eigenvalue weighted by Crippen LogP contribution is -2.08. The smallest absolute Gasteiger partial charge is 0.119 e. The van der Waals surface area contributed by atoms with Gasteiger partial charge in [-0.25, -0.2) is 4.98 Å². The van der Waals surface area contributed by atoms with Crippen LogP contribution in [0.25, 0.3) is 10.8 Å². The summed E-state index contributed by atoms with van der Waals surface area (Å²) < 4.78 is 0. The molecule has 0 bridgehead atoms. The summed E-state index contributed by atoms with van der Waals surface area (Å²) in [4.78, 5) is 13.8. The number of aromatic amines is 1. The van der Waals surface area contributed by atoms with Crippen molar-refractivity contribution in [2.75, 3.05) is 6.26 Å². The number of rotatable bonds is 4. The molecule has 118 valence electrons. The molecule has 4 heteroatoms. The Bertz CT molecular complexity index is 941. The Hall–Kier alpha value is -2.59. The molecule has 1 N–H and O–H groups in total. The van der Waals surface area contributed by atoms with E-state index in [1.165, 1.54) is 15.8 Å². The van der Waals surface area contributed by atoms with E-state index in [1.54, 1.807) is 18.0 Å². The summed E-state index contributed by atoms with van der Waals surface area (Å²) in [5.74, 6) is 0.901. The van der Waals surface area contributed by atoms with Crippen LogP contribution in [0, 0.1) is 0 Å². The first-order valence-electron chi connectivity index (χ1n) is 7.83. The van der Waals surface area contributed by atoms with E-state index in [-0.39, 0.29) is 5.92 Å². The molecule has 1 atom stereocenters. The van der Waals surface area contributed by atoms with E-state index >= 15 is 0 Å². The molecule has 24 heavy (non-hydrogen) atoms. The maximum absolute atomic E-state index is 4.72. The molecule has 0 saturated heterocycles. The molecule has 0 aliphatic rings. The van der Waals surface area contributed by atoms with Crippen molar-refractivity contribution in [3.8, 4) is 0 Å². The fourth-order valence-electron chi connectivity index (χ4n) is 3.05. The summed E-state index contributed by atoms with van der Waals surface area (Å²) in [7, 11) is 0. The van der Waals surface area contributed by atoms with Crippen molar-refractivity contribution in [1.82, 2.24) is 15.0 Å². The fourth-order valence-corrected chi connectivity index (χ4v) is 3.46. The van der Waals surface area contributed by atoms with Crippen molar-refractivity contribution in [2.45, 2.75) is 10.8 Å². The molecule has 1 unspecified atom stereocenters. The minimum Gasteiger partial charge on any atom is -0.348 e. The summed E-state index contributed by atoms with van der Waals surface area (Å²) in [6, 6.07) is 19.1. The maximum atomic E-state index is 4.72. The van der Waals surface area contributed by atoms with Crippen molar-refractivity contribution in [3.05, 3.63) is 90.3 Å². The van der Waals surface area contributed by atoms with Gasteiger partial charge in [0.2, 0.25) is 0 Å². The normalized spacial score (nSPS) is 12.4. The number of aromatic nitrogens is 3. The van der Waals surface area contributed by atoms with E-state index in [0.717, 1.165) is 16.9 Å². The standard InChI is InChI=1S/C20H17N3S/c1-24-16-8-6-15(7-9-16)18(20-22-12-13-23-20)19-17-5-3-2-4-14(17)10-11-21-19/h2-13,18H,1H3,(H,22,23). The van der Waals surface area contributed by atoms with Gasteiger partial charge in [-0.3, -0.25) is 4.98 Å². The third kappa shape index (κ3) is 2.69. The number of nitrogens with one attached hydrogen (secondary N) is 1. The molecular weight excluding hydrogens is 314 g/mol.